The van der Waals surface area contributed by atoms with Crippen LogP contribution >= 0.6 is 0 Å². The second-order valence-corrected chi connectivity index (χ2v) is 7.69. The number of halogens is 3. The highest BCUT2D eigenvalue weighted by Crippen LogP contribution is 2.37. The summed E-state index contributed by atoms with van der Waals surface area (Å²) in [6.45, 7) is 4.01. The van der Waals surface area contributed by atoms with Gasteiger partial charge in [0.25, 0.3) is 0 Å². The molecule has 0 aliphatic heterocycles. The molecule has 7 heteroatoms. The molecule has 4 nitrogen and oxygen atoms in total. The predicted molar refractivity (Wildman–Crippen MR) is 127 cm³/mol. The summed E-state index contributed by atoms with van der Waals surface area (Å²) in [4.78, 5) is 12.6. The molecule has 0 unspecified atom stereocenters. The van der Waals surface area contributed by atoms with Gasteiger partial charge in [0, 0.05) is 34.3 Å². The normalized spacial score (nSPS) is 12.1. The number of allylic oxidation sites excluding steroid dienone is 1. The van der Waals surface area contributed by atoms with Crippen LogP contribution in [0.1, 0.15) is 25.0 Å². The predicted octanol–water partition coefficient (Wildman–Crippen LogP) is 7.56. The smallest absolute Gasteiger partial charge is 0.416 e. The van der Waals surface area contributed by atoms with Crippen LogP contribution in [-0.4, -0.2) is 12.5 Å². The summed E-state index contributed by atoms with van der Waals surface area (Å²) >= 11 is 0. The number of hydrogen-bond acceptors (Lipinski definition) is 3. The fourth-order valence-corrected chi connectivity index (χ4v) is 3.71. The van der Waals surface area contributed by atoms with E-state index in [1.54, 1.807) is 19.3 Å². The van der Waals surface area contributed by atoms with Gasteiger partial charge in [-0.3, -0.25) is 4.79 Å². The highest BCUT2D eigenvalue weighted by molar-refractivity contribution is 6.05. The van der Waals surface area contributed by atoms with E-state index in [0.717, 1.165) is 28.6 Å². The highest BCUT2D eigenvalue weighted by atomic mass is 19.4. The van der Waals surface area contributed by atoms with Crippen LogP contribution in [0.25, 0.3) is 27.7 Å². The molecule has 1 N–H and O–H groups in total. The average molecular weight is 465 g/mol. The third-order valence-corrected chi connectivity index (χ3v) is 5.29. The molecule has 1 heterocycles. The van der Waals surface area contributed by atoms with Crippen molar-refractivity contribution < 1.29 is 27.1 Å². The van der Waals surface area contributed by atoms with E-state index >= 15 is 0 Å². The summed E-state index contributed by atoms with van der Waals surface area (Å²) in [5.41, 5.74) is 3.05. The molecule has 0 spiro atoms. The maximum atomic E-state index is 13.0. The third-order valence-electron chi connectivity index (χ3n) is 5.29. The molecule has 4 aromatic rings. The van der Waals surface area contributed by atoms with Crippen molar-refractivity contribution in [3.8, 4) is 16.9 Å². The number of hydrogen-bond donors (Lipinski definition) is 1. The molecule has 0 aliphatic rings. The fraction of sp³-hybridized carbons (Fsp3) is 0.148. The first kappa shape index (κ1) is 23.2. The number of rotatable bonds is 6. The van der Waals surface area contributed by atoms with E-state index in [0.29, 0.717) is 29.1 Å². The minimum absolute atomic E-state index is 0.0607. The molecule has 174 valence electrons. The second-order valence-electron chi connectivity index (χ2n) is 7.69. The van der Waals surface area contributed by atoms with Crippen LogP contribution < -0.4 is 10.1 Å². The van der Waals surface area contributed by atoms with E-state index in [4.69, 9.17) is 9.15 Å². The number of amides is 1. The summed E-state index contributed by atoms with van der Waals surface area (Å²) in [6, 6.07) is 18.0. The highest BCUT2D eigenvalue weighted by Gasteiger charge is 2.30. The van der Waals surface area contributed by atoms with E-state index in [2.05, 4.69) is 5.32 Å². The van der Waals surface area contributed by atoms with Crippen molar-refractivity contribution in [1.82, 2.24) is 0 Å². The van der Waals surface area contributed by atoms with Gasteiger partial charge in [-0.05, 0) is 49.2 Å². The van der Waals surface area contributed by atoms with Gasteiger partial charge < -0.3 is 14.5 Å². The van der Waals surface area contributed by atoms with Crippen molar-refractivity contribution in [3.05, 3.63) is 90.2 Å². The van der Waals surface area contributed by atoms with Crippen molar-refractivity contribution in [2.24, 2.45) is 0 Å². The summed E-state index contributed by atoms with van der Waals surface area (Å²) in [5.74, 6) is -0.000531. The van der Waals surface area contributed by atoms with E-state index in [1.165, 1.54) is 18.2 Å². The minimum atomic E-state index is -4.49. The molecule has 0 aliphatic carbocycles. The van der Waals surface area contributed by atoms with E-state index in [9.17, 15) is 18.0 Å². The Morgan fingerprint density at radius 2 is 1.82 bits per heavy atom. The van der Waals surface area contributed by atoms with Gasteiger partial charge in [-0.1, -0.05) is 36.4 Å². The Kier molecular flexibility index (Phi) is 6.45. The van der Waals surface area contributed by atoms with Crippen molar-refractivity contribution in [2.75, 3.05) is 11.9 Å². The lowest BCUT2D eigenvalue weighted by molar-refractivity contribution is -0.137. The SMILES string of the molecule is CCOc1cc2occ(-c3ccccc3)c2cc1/C(C)=C/C(=O)Nc1cccc(C(F)(F)F)c1. The van der Waals surface area contributed by atoms with Crippen LogP contribution in [0.15, 0.2) is 83.5 Å². The van der Waals surface area contributed by atoms with Crippen molar-refractivity contribution in [1.29, 1.82) is 0 Å². The zero-order valence-electron chi connectivity index (χ0n) is 18.6. The molecule has 0 radical (unpaired) electrons. The number of nitrogens with one attached hydrogen (secondary N) is 1. The monoisotopic (exact) mass is 465 g/mol. The largest absolute Gasteiger partial charge is 0.493 e. The quantitative estimate of drug-likeness (QED) is 0.299. The van der Waals surface area contributed by atoms with Crippen LogP contribution in [0.3, 0.4) is 0 Å². The number of anilines is 1. The van der Waals surface area contributed by atoms with Gasteiger partial charge in [-0.15, -0.1) is 0 Å². The minimum Gasteiger partial charge on any atom is -0.493 e. The van der Waals surface area contributed by atoms with Crippen molar-refractivity contribution in [2.45, 2.75) is 20.0 Å². The van der Waals surface area contributed by atoms with Gasteiger partial charge in [0.15, 0.2) is 0 Å². The lowest BCUT2D eigenvalue weighted by atomic mass is 9.99. The number of benzene rings is 3. The van der Waals surface area contributed by atoms with Crippen molar-refractivity contribution in [3.63, 3.8) is 0 Å². The van der Waals surface area contributed by atoms with Crippen LogP contribution in [0.2, 0.25) is 0 Å². The van der Waals surface area contributed by atoms with E-state index in [-0.39, 0.29) is 5.69 Å². The van der Waals surface area contributed by atoms with E-state index in [1.807, 2.05) is 43.3 Å². The standard InChI is InChI=1S/C27H22F3NO3/c1-3-33-24-15-25-22(23(16-34-25)18-8-5-4-6-9-18)14-21(24)17(2)12-26(32)31-20-11-7-10-19(13-20)27(28,29)30/h4-16H,3H2,1-2H3,(H,31,32)/b17-12+. The summed E-state index contributed by atoms with van der Waals surface area (Å²) in [7, 11) is 0. The van der Waals surface area contributed by atoms with Crippen molar-refractivity contribution >= 4 is 28.1 Å². The van der Waals surface area contributed by atoms with Crippen LogP contribution in [0.5, 0.6) is 5.75 Å². The van der Waals surface area contributed by atoms with Gasteiger partial charge in [0.2, 0.25) is 5.91 Å². The molecule has 1 aromatic heterocycles. The lowest BCUT2D eigenvalue weighted by Gasteiger charge is -2.12. The third kappa shape index (κ3) is 4.98. The first-order chi connectivity index (χ1) is 16.3. The first-order valence-electron chi connectivity index (χ1n) is 10.7. The Hall–Kier alpha value is -4.00. The number of alkyl halides is 3. The summed E-state index contributed by atoms with van der Waals surface area (Å²) in [6.07, 6.45) is -1.47. The Labute approximate surface area is 194 Å². The molecular formula is C27H22F3NO3. The molecule has 3 aromatic carbocycles. The number of carbonyl (C=O) groups excluding carboxylic acids is 1. The molecule has 1 amide bonds. The van der Waals surface area contributed by atoms with Gasteiger partial charge >= 0.3 is 6.18 Å². The maximum absolute atomic E-state index is 13.0. The van der Waals surface area contributed by atoms with Gasteiger partial charge in [0.1, 0.15) is 11.3 Å². The molecule has 0 atom stereocenters. The number of ether oxygens (including phenoxy) is 1. The number of fused-ring (bicyclic) bond motifs is 1. The van der Waals surface area contributed by atoms with Gasteiger partial charge in [-0.25, -0.2) is 0 Å². The molecular weight excluding hydrogens is 443 g/mol. The molecule has 34 heavy (non-hydrogen) atoms. The molecule has 0 saturated carbocycles. The van der Waals surface area contributed by atoms with Crippen LogP contribution in [0, 0.1) is 0 Å². The lowest BCUT2D eigenvalue weighted by Crippen LogP contribution is -2.11. The summed E-state index contributed by atoms with van der Waals surface area (Å²) in [5, 5.41) is 3.36. The Morgan fingerprint density at radius 1 is 1.06 bits per heavy atom. The topological polar surface area (TPSA) is 51.5 Å². The van der Waals surface area contributed by atoms with Gasteiger partial charge in [0.05, 0.1) is 18.4 Å². The second kappa shape index (κ2) is 9.47. The fourth-order valence-electron chi connectivity index (χ4n) is 3.71. The Morgan fingerprint density at radius 3 is 2.53 bits per heavy atom. The van der Waals surface area contributed by atoms with E-state index < -0.39 is 17.6 Å². The summed E-state index contributed by atoms with van der Waals surface area (Å²) < 4.78 is 50.4. The molecule has 0 saturated heterocycles. The van der Waals surface area contributed by atoms with Crippen LogP contribution in [-0.2, 0) is 11.0 Å². The first-order valence-corrected chi connectivity index (χ1v) is 10.7. The zero-order valence-corrected chi connectivity index (χ0v) is 18.6. The molecule has 0 fully saturated rings. The molecule has 0 bridgehead atoms. The molecule has 4 rings (SSSR count). The number of furan rings is 1. The maximum Gasteiger partial charge on any atom is 0.416 e. The number of carbonyl (C=O) groups is 1. The van der Waals surface area contributed by atoms with Gasteiger partial charge in [-0.2, -0.15) is 13.2 Å². The average Bonchev–Trinajstić information content (AvgIpc) is 3.21. The Bertz CT molecular complexity index is 1350. The zero-order chi connectivity index (χ0) is 24.3. The van der Waals surface area contributed by atoms with Crippen LogP contribution in [0.4, 0.5) is 18.9 Å². The Balaban J connectivity index is 1.68.